The lowest BCUT2D eigenvalue weighted by Crippen LogP contribution is -2.47. The molecule has 24 heavy (non-hydrogen) atoms. The first-order valence-corrected chi connectivity index (χ1v) is 9.71. The molecular formula is C16H24N4O2S2. The number of rotatable bonds is 5. The molecule has 1 aromatic heterocycles. The maximum atomic E-state index is 12.1. The normalized spacial score (nSPS) is 17.3. The Morgan fingerprint density at radius 1 is 1.29 bits per heavy atom. The van der Waals surface area contributed by atoms with E-state index in [-0.39, 0.29) is 5.91 Å². The van der Waals surface area contributed by atoms with E-state index in [1.165, 1.54) is 16.9 Å². The number of hydrogen-bond donors (Lipinski definition) is 3. The van der Waals surface area contributed by atoms with E-state index in [1.807, 2.05) is 6.07 Å². The van der Waals surface area contributed by atoms with Gasteiger partial charge in [0.1, 0.15) is 0 Å². The van der Waals surface area contributed by atoms with Crippen molar-refractivity contribution in [2.24, 2.45) is 0 Å². The number of fused-ring (bicyclic) bond motifs is 1. The number of nitrogens with zero attached hydrogens (tertiary/aromatic N) is 1. The van der Waals surface area contributed by atoms with Gasteiger partial charge in [-0.1, -0.05) is 0 Å². The third kappa shape index (κ3) is 4.89. The molecule has 3 N–H and O–H groups in total. The lowest BCUT2D eigenvalue weighted by molar-refractivity contribution is 0.0376. The van der Waals surface area contributed by atoms with Crippen LogP contribution in [0.5, 0.6) is 0 Å². The minimum absolute atomic E-state index is 0.119. The van der Waals surface area contributed by atoms with Gasteiger partial charge < -0.3 is 10.1 Å². The van der Waals surface area contributed by atoms with E-state index in [4.69, 9.17) is 17.0 Å². The van der Waals surface area contributed by atoms with Crippen molar-refractivity contribution >= 4 is 34.6 Å². The summed E-state index contributed by atoms with van der Waals surface area (Å²) in [7, 11) is 0. The minimum atomic E-state index is -0.119. The van der Waals surface area contributed by atoms with E-state index in [2.05, 4.69) is 21.1 Å². The topological polar surface area (TPSA) is 65.6 Å². The van der Waals surface area contributed by atoms with Crippen molar-refractivity contribution < 1.29 is 9.53 Å². The molecule has 8 heteroatoms. The molecule has 132 valence electrons. The van der Waals surface area contributed by atoms with E-state index in [0.717, 1.165) is 63.5 Å². The van der Waals surface area contributed by atoms with E-state index in [9.17, 15) is 4.79 Å². The molecule has 1 aliphatic carbocycles. The van der Waals surface area contributed by atoms with Gasteiger partial charge in [0, 0.05) is 24.5 Å². The van der Waals surface area contributed by atoms with E-state index in [1.54, 1.807) is 11.3 Å². The first-order chi connectivity index (χ1) is 11.7. The summed E-state index contributed by atoms with van der Waals surface area (Å²) in [5.74, 6) is -0.119. The molecule has 2 heterocycles. The second kappa shape index (κ2) is 8.75. The third-order valence-corrected chi connectivity index (χ3v) is 5.78. The standard InChI is InChI=1S/C16H24N4O2S2/c21-15(14-11-12-3-1-4-13(12)24-14)18-19-16(23)17-5-2-6-20-7-9-22-10-8-20/h11H,1-10H2,(H,18,21)(H2,17,19,23). The zero-order chi connectivity index (χ0) is 16.8. The summed E-state index contributed by atoms with van der Waals surface area (Å²) in [5, 5.41) is 3.57. The Labute approximate surface area is 151 Å². The Morgan fingerprint density at radius 3 is 2.92 bits per heavy atom. The van der Waals surface area contributed by atoms with Gasteiger partial charge in [0.2, 0.25) is 0 Å². The summed E-state index contributed by atoms with van der Waals surface area (Å²) in [5.41, 5.74) is 6.77. The largest absolute Gasteiger partial charge is 0.379 e. The number of nitrogens with one attached hydrogen (secondary N) is 3. The fourth-order valence-electron chi connectivity index (χ4n) is 2.99. The smallest absolute Gasteiger partial charge is 0.279 e. The highest BCUT2D eigenvalue weighted by Crippen LogP contribution is 2.30. The van der Waals surface area contributed by atoms with Gasteiger partial charge in [-0.05, 0) is 56.1 Å². The van der Waals surface area contributed by atoms with E-state index in [0.29, 0.717) is 5.11 Å². The molecule has 1 aliphatic heterocycles. The predicted octanol–water partition coefficient (Wildman–Crippen LogP) is 1.07. The van der Waals surface area contributed by atoms with Gasteiger partial charge in [0.05, 0.1) is 18.1 Å². The molecule has 1 aromatic rings. The number of carbonyl (C=O) groups is 1. The van der Waals surface area contributed by atoms with Crippen molar-refractivity contribution in [2.75, 3.05) is 39.4 Å². The molecule has 0 spiro atoms. The molecule has 0 unspecified atom stereocenters. The van der Waals surface area contributed by atoms with Crippen LogP contribution in [0.4, 0.5) is 0 Å². The Balaban J connectivity index is 1.29. The number of ether oxygens (including phenoxy) is 1. The summed E-state index contributed by atoms with van der Waals surface area (Å²) in [4.78, 5) is 16.6. The zero-order valence-electron chi connectivity index (χ0n) is 13.7. The highest BCUT2D eigenvalue weighted by atomic mass is 32.1. The Morgan fingerprint density at radius 2 is 2.12 bits per heavy atom. The fourth-order valence-corrected chi connectivity index (χ4v) is 4.29. The molecule has 0 bridgehead atoms. The van der Waals surface area contributed by atoms with Crippen LogP contribution in [0.1, 0.15) is 33.0 Å². The molecule has 0 radical (unpaired) electrons. The predicted molar refractivity (Wildman–Crippen MR) is 99.4 cm³/mol. The summed E-state index contributed by atoms with van der Waals surface area (Å²) < 4.78 is 5.33. The number of amides is 1. The summed E-state index contributed by atoms with van der Waals surface area (Å²) >= 11 is 6.78. The van der Waals surface area contributed by atoms with Crippen molar-refractivity contribution in [3.8, 4) is 0 Å². The van der Waals surface area contributed by atoms with E-state index >= 15 is 0 Å². The first-order valence-electron chi connectivity index (χ1n) is 8.48. The zero-order valence-corrected chi connectivity index (χ0v) is 15.4. The molecule has 6 nitrogen and oxygen atoms in total. The number of morpholine rings is 1. The van der Waals surface area contributed by atoms with E-state index < -0.39 is 0 Å². The fraction of sp³-hybridized carbons (Fsp3) is 0.625. The molecule has 0 aromatic carbocycles. The van der Waals surface area contributed by atoms with Gasteiger partial charge in [0.15, 0.2) is 5.11 Å². The van der Waals surface area contributed by atoms with Crippen LogP contribution >= 0.6 is 23.6 Å². The number of carbonyl (C=O) groups excluding carboxylic acids is 1. The lowest BCUT2D eigenvalue weighted by Gasteiger charge is -2.26. The van der Waals surface area contributed by atoms with Crippen LogP contribution in [0.2, 0.25) is 0 Å². The molecule has 2 aliphatic rings. The van der Waals surface area contributed by atoms with Gasteiger partial charge in [-0.2, -0.15) is 0 Å². The van der Waals surface area contributed by atoms with Gasteiger partial charge in [-0.3, -0.25) is 20.5 Å². The molecule has 3 rings (SSSR count). The Bertz CT molecular complexity index is 563. The first kappa shape index (κ1) is 17.6. The molecular weight excluding hydrogens is 344 g/mol. The van der Waals surface area contributed by atoms with Crippen LogP contribution < -0.4 is 16.2 Å². The Hall–Kier alpha value is -1.22. The van der Waals surface area contributed by atoms with Gasteiger partial charge >= 0.3 is 0 Å². The molecule has 1 saturated heterocycles. The summed E-state index contributed by atoms with van der Waals surface area (Å²) in [6.45, 7) is 5.47. The quantitative estimate of drug-likeness (QED) is 0.410. The number of hydrogen-bond acceptors (Lipinski definition) is 5. The van der Waals surface area contributed by atoms with Crippen molar-refractivity contribution in [1.29, 1.82) is 0 Å². The van der Waals surface area contributed by atoms with Crippen molar-refractivity contribution in [2.45, 2.75) is 25.7 Å². The molecule has 1 amide bonds. The van der Waals surface area contributed by atoms with Crippen LogP contribution in [-0.2, 0) is 17.6 Å². The maximum absolute atomic E-state index is 12.1. The van der Waals surface area contributed by atoms with Crippen LogP contribution in [0.25, 0.3) is 0 Å². The second-order valence-electron chi connectivity index (χ2n) is 6.06. The SMILES string of the molecule is O=C(NNC(=S)NCCCN1CCOCC1)c1cc2c(s1)CCC2. The molecule has 0 saturated carbocycles. The van der Waals surface area contributed by atoms with Gasteiger partial charge in [-0.25, -0.2) is 0 Å². The average molecular weight is 369 g/mol. The average Bonchev–Trinajstić information content (AvgIpc) is 3.19. The van der Waals surface area contributed by atoms with Crippen LogP contribution in [0.15, 0.2) is 6.07 Å². The minimum Gasteiger partial charge on any atom is -0.379 e. The van der Waals surface area contributed by atoms with Gasteiger partial charge in [0.25, 0.3) is 5.91 Å². The van der Waals surface area contributed by atoms with Crippen molar-refractivity contribution in [3.05, 3.63) is 21.4 Å². The van der Waals surface area contributed by atoms with Crippen LogP contribution in [-0.4, -0.2) is 55.3 Å². The van der Waals surface area contributed by atoms with Crippen molar-refractivity contribution in [3.63, 3.8) is 0 Å². The van der Waals surface area contributed by atoms with Crippen LogP contribution in [0.3, 0.4) is 0 Å². The van der Waals surface area contributed by atoms with Crippen molar-refractivity contribution in [1.82, 2.24) is 21.1 Å². The molecule has 1 fully saturated rings. The molecule has 0 atom stereocenters. The third-order valence-electron chi connectivity index (χ3n) is 4.30. The Kier molecular flexibility index (Phi) is 6.42. The monoisotopic (exact) mass is 368 g/mol. The van der Waals surface area contributed by atoms with Crippen LogP contribution in [0, 0.1) is 0 Å². The number of thiocarbonyl (C=S) groups is 1. The highest BCUT2D eigenvalue weighted by Gasteiger charge is 2.18. The lowest BCUT2D eigenvalue weighted by atomic mass is 10.2. The van der Waals surface area contributed by atoms with Gasteiger partial charge in [-0.15, -0.1) is 11.3 Å². The second-order valence-corrected chi connectivity index (χ2v) is 7.60. The summed E-state index contributed by atoms with van der Waals surface area (Å²) in [6, 6.07) is 2.00. The summed E-state index contributed by atoms with van der Waals surface area (Å²) in [6.07, 6.45) is 4.41. The maximum Gasteiger partial charge on any atom is 0.279 e. The number of hydrazine groups is 1. The highest BCUT2D eigenvalue weighted by molar-refractivity contribution is 7.80. The number of aryl methyl sites for hydroxylation is 2. The number of thiophene rings is 1.